The van der Waals surface area contributed by atoms with E-state index < -0.39 is 0 Å². The van der Waals surface area contributed by atoms with Gasteiger partial charge in [-0.1, -0.05) is 42.5 Å². The van der Waals surface area contributed by atoms with Crippen LogP contribution in [0.3, 0.4) is 0 Å². The molecule has 0 heterocycles. The summed E-state index contributed by atoms with van der Waals surface area (Å²) in [6.07, 6.45) is 0. The largest absolute Gasteiger partial charge is 0.496 e. The molecule has 154 valence electrons. The predicted octanol–water partition coefficient (Wildman–Crippen LogP) is 3.99. The van der Waals surface area contributed by atoms with Gasteiger partial charge in [-0.2, -0.15) is 0 Å². The Labute approximate surface area is 175 Å². The summed E-state index contributed by atoms with van der Waals surface area (Å²) in [5.41, 5.74) is 3.49. The van der Waals surface area contributed by atoms with Crippen LogP contribution in [0.1, 0.15) is 20.7 Å². The SMILES string of the molecule is COCCNC(=O)c1cc(NC(=O)c2ccc(-c3ccccc3)cc2)ccc1OC. The summed E-state index contributed by atoms with van der Waals surface area (Å²) in [7, 11) is 3.06. The molecule has 2 N–H and O–H groups in total. The summed E-state index contributed by atoms with van der Waals surface area (Å²) in [6.45, 7) is 0.784. The van der Waals surface area contributed by atoms with Crippen molar-refractivity contribution in [1.82, 2.24) is 5.32 Å². The van der Waals surface area contributed by atoms with Crippen molar-refractivity contribution in [2.24, 2.45) is 0 Å². The summed E-state index contributed by atoms with van der Waals surface area (Å²) in [4.78, 5) is 25.1. The summed E-state index contributed by atoms with van der Waals surface area (Å²) in [5, 5.41) is 5.58. The Morgan fingerprint density at radius 3 is 2.20 bits per heavy atom. The highest BCUT2D eigenvalue weighted by Gasteiger charge is 2.14. The number of hydrogen-bond acceptors (Lipinski definition) is 4. The molecule has 0 aromatic heterocycles. The van der Waals surface area contributed by atoms with Crippen molar-refractivity contribution in [2.45, 2.75) is 0 Å². The maximum Gasteiger partial charge on any atom is 0.255 e. The van der Waals surface area contributed by atoms with Crippen LogP contribution in [0.4, 0.5) is 5.69 Å². The Kier molecular flexibility index (Phi) is 7.19. The summed E-state index contributed by atoms with van der Waals surface area (Å²) >= 11 is 0. The lowest BCUT2D eigenvalue weighted by Crippen LogP contribution is -2.27. The molecule has 30 heavy (non-hydrogen) atoms. The van der Waals surface area contributed by atoms with E-state index in [0.29, 0.717) is 35.7 Å². The number of amides is 2. The minimum Gasteiger partial charge on any atom is -0.496 e. The summed E-state index contributed by atoms with van der Waals surface area (Å²) in [6, 6.07) is 22.3. The zero-order valence-electron chi connectivity index (χ0n) is 17.0. The van der Waals surface area contributed by atoms with Crippen LogP contribution in [-0.4, -0.2) is 39.2 Å². The van der Waals surface area contributed by atoms with Crippen LogP contribution in [0.2, 0.25) is 0 Å². The third-order valence-corrected chi connectivity index (χ3v) is 4.55. The molecule has 3 aromatic carbocycles. The highest BCUT2D eigenvalue weighted by molar-refractivity contribution is 6.05. The Hall–Kier alpha value is -3.64. The number of carbonyl (C=O) groups excluding carboxylic acids is 2. The maximum atomic E-state index is 12.6. The molecule has 6 nitrogen and oxygen atoms in total. The second-order valence-electron chi connectivity index (χ2n) is 6.56. The Morgan fingerprint density at radius 1 is 0.833 bits per heavy atom. The van der Waals surface area contributed by atoms with Gasteiger partial charge in [0.1, 0.15) is 5.75 Å². The standard InChI is InChI=1S/C24H24N2O4/c1-29-15-14-25-24(28)21-16-20(12-13-22(21)30-2)26-23(27)19-10-8-18(9-11-19)17-6-4-3-5-7-17/h3-13,16H,14-15H2,1-2H3,(H,25,28)(H,26,27). The molecule has 0 unspecified atom stereocenters. The fourth-order valence-corrected chi connectivity index (χ4v) is 2.97. The monoisotopic (exact) mass is 404 g/mol. The van der Waals surface area contributed by atoms with Crippen LogP contribution in [0.5, 0.6) is 5.75 Å². The first-order valence-electron chi connectivity index (χ1n) is 9.54. The van der Waals surface area contributed by atoms with Gasteiger partial charge in [-0.3, -0.25) is 9.59 Å². The fourth-order valence-electron chi connectivity index (χ4n) is 2.97. The number of ether oxygens (including phenoxy) is 2. The molecule has 2 amide bonds. The molecule has 0 atom stereocenters. The fraction of sp³-hybridized carbons (Fsp3) is 0.167. The molecule has 6 heteroatoms. The second-order valence-corrected chi connectivity index (χ2v) is 6.56. The molecule has 0 spiro atoms. The van der Waals surface area contributed by atoms with Gasteiger partial charge in [-0.05, 0) is 41.5 Å². The Bertz CT molecular complexity index is 1000. The number of anilines is 1. The number of nitrogens with one attached hydrogen (secondary N) is 2. The van der Waals surface area contributed by atoms with Gasteiger partial charge in [0.25, 0.3) is 11.8 Å². The number of rotatable bonds is 8. The topological polar surface area (TPSA) is 76.7 Å². The molecule has 0 bridgehead atoms. The highest BCUT2D eigenvalue weighted by Crippen LogP contribution is 2.24. The van der Waals surface area contributed by atoms with Gasteiger partial charge in [0.2, 0.25) is 0 Å². The lowest BCUT2D eigenvalue weighted by molar-refractivity contribution is 0.0933. The first-order valence-corrected chi connectivity index (χ1v) is 9.54. The van der Waals surface area contributed by atoms with Gasteiger partial charge in [0.15, 0.2) is 0 Å². The van der Waals surface area contributed by atoms with E-state index in [1.807, 2.05) is 42.5 Å². The van der Waals surface area contributed by atoms with Crippen LogP contribution in [0.15, 0.2) is 72.8 Å². The molecule has 3 rings (SSSR count). The molecule has 0 aliphatic heterocycles. The molecular weight excluding hydrogens is 380 g/mol. The summed E-state index contributed by atoms with van der Waals surface area (Å²) in [5.74, 6) is -0.132. The lowest BCUT2D eigenvalue weighted by atomic mass is 10.0. The quantitative estimate of drug-likeness (QED) is 0.557. The molecule has 0 saturated carbocycles. The highest BCUT2D eigenvalue weighted by atomic mass is 16.5. The van der Waals surface area contributed by atoms with E-state index in [9.17, 15) is 9.59 Å². The third kappa shape index (κ3) is 5.24. The number of hydrogen-bond donors (Lipinski definition) is 2. The Balaban J connectivity index is 1.73. The molecule has 0 aliphatic rings. The van der Waals surface area contributed by atoms with E-state index >= 15 is 0 Å². The first kappa shape index (κ1) is 21.1. The lowest BCUT2D eigenvalue weighted by Gasteiger charge is -2.12. The van der Waals surface area contributed by atoms with Crippen molar-refractivity contribution < 1.29 is 19.1 Å². The third-order valence-electron chi connectivity index (χ3n) is 4.55. The molecule has 3 aromatic rings. The molecule has 0 fully saturated rings. The number of benzene rings is 3. The van der Waals surface area contributed by atoms with Crippen molar-refractivity contribution in [3.05, 3.63) is 83.9 Å². The second kappa shape index (κ2) is 10.2. The maximum absolute atomic E-state index is 12.6. The minimum atomic E-state index is -0.299. The van der Waals surface area contributed by atoms with Gasteiger partial charge in [-0.15, -0.1) is 0 Å². The zero-order chi connectivity index (χ0) is 21.3. The Morgan fingerprint density at radius 2 is 1.53 bits per heavy atom. The van der Waals surface area contributed by atoms with Crippen LogP contribution in [0.25, 0.3) is 11.1 Å². The summed E-state index contributed by atoms with van der Waals surface area (Å²) < 4.78 is 10.2. The van der Waals surface area contributed by atoms with E-state index in [4.69, 9.17) is 9.47 Å². The van der Waals surface area contributed by atoms with Crippen molar-refractivity contribution in [3.63, 3.8) is 0 Å². The van der Waals surface area contributed by atoms with Crippen molar-refractivity contribution in [3.8, 4) is 16.9 Å². The number of carbonyl (C=O) groups is 2. The van der Waals surface area contributed by atoms with Crippen molar-refractivity contribution in [1.29, 1.82) is 0 Å². The van der Waals surface area contributed by atoms with Crippen molar-refractivity contribution >= 4 is 17.5 Å². The molecule has 0 saturated heterocycles. The van der Waals surface area contributed by atoms with Gasteiger partial charge >= 0.3 is 0 Å². The normalized spacial score (nSPS) is 10.3. The van der Waals surface area contributed by atoms with Gasteiger partial charge in [0.05, 0.1) is 19.3 Å². The average molecular weight is 404 g/mol. The van der Waals surface area contributed by atoms with Crippen molar-refractivity contribution in [2.75, 3.05) is 32.7 Å². The van der Waals surface area contributed by atoms with E-state index in [-0.39, 0.29) is 11.8 Å². The van der Waals surface area contributed by atoms with Gasteiger partial charge in [0, 0.05) is 24.9 Å². The molecular formula is C24H24N2O4. The minimum absolute atomic E-state index is 0.259. The molecule has 0 radical (unpaired) electrons. The van der Waals surface area contributed by atoms with Crippen LogP contribution < -0.4 is 15.4 Å². The average Bonchev–Trinajstić information content (AvgIpc) is 2.79. The zero-order valence-corrected chi connectivity index (χ0v) is 17.0. The van der Waals surface area contributed by atoms with Crippen LogP contribution in [0, 0.1) is 0 Å². The van der Waals surface area contributed by atoms with Gasteiger partial charge in [-0.25, -0.2) is 0 Å². The van der Waals surface area contributed by atoms with Gasteiger partial charge < -0.3 is 20.1 Å². The van der Waals surface area contributed by atoms with Crippen LogP contribution >= 0.6 is 0 Å². The van der Waals surface area contributed by atoms with Crippen LogP contribution in [-0.2, 0) is 4.74 Å². The smallest absolute Gasteiger partial charge is 0.255 e. The first-order chi connectivity index (χ1) is 14.6. The van der Waals surface area contributed by atoms with E-state index in [0.717, 1.165) is 11.1 Å². The number of methoxy groups -OCH3 is 2. The molecule has 0 aliphatic carbocycles. The van der Waals surface area contributed by atoms with E-state index in [1.165, 1.54) is 7.11 Å². The van der Waals surface area contributed by atoms with E-state index in [2.05, 4.69) is 10.6 Å². The van der Waals surface area contributed by atoms with E-state index in [1.54, 1.807) is 37.4 Å². The predicted molar refractivity (Wildman–Crippen MR) is 117 cm³/mol.